The van der Waals surface area contributed by atoms with Crippen molar-refractivity contribution >= 4 is 22.6 Å². The fourth-order valence-electron chi connectivity index (χ4n) is 3.29. The predicted octanol–water partition coefficient (Wildman–Crippen LogP) is 1.43. The summed E-state index contributed by atoms with van der Waals surface area (Å²) in [5.41, 5.74) is 5.09. The van der Waals surface area contributed by atoms with E-state index < -0.39 is 11.3 Å². The summed E-state index contributed by atoms with van der Waals surface area (Å²) in [6.07, 6.45) is 1.47. The SMILES string of the molecule is Cn1nc(C(=O)NNC(=O)C2(c3ccccc3)CC2)c2ccccc2c1=O. The van der Waals surface area contributed by atoms with Crippen molar-refractivity contribution in [2.45, 2.75) is 18.3 Å². The lowest BCUT2D eigenvalue weighted by Crippen LogP contribution is -2.47. The molecule has 1 fully saturated rings. The van der Waals surface area contributed by atoms with Gasteiger partial charge in [-0.2, -0.15) is 5.10 Å². The summed E-state index contributed by atoms with van der Waals surface area (Å²) >= 11 is 0. The first kappa shape index (κ1) is 17.0. The number of fused-ring (bicyclic) bond motifs is 1. The van der Waals surface area contributed by atoms with Crippen LogP contribution in [0, 0.1) is 0 Å². The van der Waals surface area contributed by atoms with Gasteiger partial charge >= 0.3 is 0 Å². The second kappa shape index (κ2) is 6.35. The van der Waals surface area contributed by atoms with E-state index in [1.807, 2.05) is 30.3 Å². The lowest BCUT2D eigenvalue weighted by atomic mass is 9.95. The Morgan fingerprint density at radius 3 is 2.26 bits per heavy atom. The second-order valence-electron chi connectivity index (χ2n) is 6.68. The summed E-state index contributed by atoms with van der Waals surface area (Å²) in [7, 11) is 1.48. The molecule has 2 N–H and O–H groups in total. The molecule has 0 spiro atoms. The van der Waals surface area contributed by atoms with E-state index in [0.717, 1.165) is 23.1 Å². The van der Waals surface area contributed by atoms with Gasteiger partial charge in [0.1, 0.15) is 0 Å². The molecule has 2 amide bonds. The first-order valence-electron chi connectivity index (χ1n) is 8.65. The van der Waals surface area contributed by atoms with Crippen LogP contribution in [0.5, 0.6) is 0 Å². The number of carbonyl (C=O) groups excluding carboxylic acids is 2. The van der Waals surface area contributed by atoms with Crippen LogP contribution in [0.25, 0.3) is 10.8 Å². The number of carbonyl (C=O) groups is 2. The van der Waals surface area contributed by atoms with Crippen LogP contribution in [0.1, 0.15) is 28.9 Å². The third kappa shape index (κ3) is 2.87. The van der Waals surface area contributed by atoms with Crippen molar-refractivity contribution in [2.24, 2.45) is 7.05 Å². The molecule has 0 unspecified atom stereocenters. The van der Waals surface area contributed by atoms with Crippen molar-refractivity contribution < 1.29 is 9.59 Å². The molecule has 1 heterocycles. The van der Waals surface area contributed by atoms with Gasteiger partial charge < -0.3 is 0 Å². The number of rotatable bonds is 3. The molecule has 0 bridgehead atoms. The van der Waals surface area contributed by atoms with E-state index in [4.69, 9.17) is 0 Å². The van der Waals surface area contributed by atoms with Crippen molar-refractivity contribution in [3.8, 4) is 0 Å². The molecule has 1 saturated carbocycles. The Hall–Kier alpha value is -3.48. The van der Waals surface area contributed by atoms with Crippen LogP contribution in [0.3, 0.4) is 0 Å². The molecule has 7 nitrogen and oxygen atoms in total. The zero-order valence-electron chi connectivity index (χ0n) is 14.7. The van der Waals surface area contributed by atoms with Gasteiger partial charge in [-0.15, -0.1) is 0 Å². The van der Waals surface area contributed by atoms with Gasteiger partial charge in [-0.1, -0.05) is 48.5 Å². The highest BCUT2D eigenvalue weighted by molar-refractivity contribution is 6.05. The van der Waals surface area contributed by atoms with Crippen molar-refractivity contribution in [2.75, 3.05) is 0 Å². The van der Waals surface area contributed by atoms with Gasteiger partial charge in [-0.3, -0.25) is 25.2 Å². The van der Waals surface area contributed by atoms with Gasteiger partial charge in [0.2, 0.25) is 5.91 Å². The van der Waals surface area contributed by atoms with E-state index in [9.17, 15) is 14.4 Å². The van der Waals surface area contributed by atoms with Crippen LogP contribution in [-0.2, 0) is 17.3 Å². The second-order valence-corrected chi connectivity index (χ2v) is 6.68. The summed E-state index contributed by atoms with van der Waals surface area (Å²) in [6, 6.07) is 16.3. The number of hydrazine groups is 1. The summed E-state index contributed by atoms with van der Waals surface area (Å²) in [6.45, 7) is 0. The monoisotopic (exact) mass is 362 g/mol. The highest BCUT2D eigenvalue weighted by Crippen LogP contribution is 2.48. The summed E-state index contributed by atoms with van der Waals surface area (Å²) < 4.78 is 1.12. The van der Waals surface area contributed by atoms with Crippen LogP contribution in [0.4, 0.5) is 0 Å². The van der Waals surface area contributed by atoms with Gasteiger partial charge in [0, 0.05) is 12.4 Å². The van der Waals surface area contributed by atoms with Crippen LogP contribution < -0.4 is 16.4 Å². The van der Waals surface area contributed by atoms with Crippen LogP contribution in [0.2, 0.25) is 0 Å². The minimum absolute atomic E-state index is 0.0811. The quantitative estimate of drug-likeness (QED) is 0.689. The molecule has 7 heteroatoms. The van der Waals surface area contributed by atoms with Crippen LogP contribution in [-0.4, -0.2) is 21.6 Å². The van der Waals surface area contributed by atoms with E-state index in [0.29, 0.717) is 10.8 Å². The number of nitrogens with zero attached hydrogens (tertiary/aromatic N) is 2. The fourth-order valence-corrected chi connectivity index (χ4v) is 3.29. The lowest BCUT2D eigenvalue weighted by molar-refractivity contribution is -0.124. The molecule has 0 aliphatic heterocycles. The average molecular weight is 362 g/mol. The molecule has 3 aromatic rings. The molecular formula is C20H18N4O3. The smallest absolute Gasteiger partial charge is 0.272 e. The summed E-state index contributed by atoms with van der Waals surface area (Å²) in [4.78, 5) is 37.4. The van der Waals surface area contributed by atoms with Crippen molar-refractivity contribution in [1.82, 2.24) is 20.6 Å². The van der Waals surface area contributed by atoms with Gasteiger partial charge in [0.15, 0.2) is 5.69 Å². The number of benzene rings is 2. The number of aromatic nitrogens is 2. The zero-order valence-corrected chi connectivity index (χ0v) is 14.7. The molecule has 0 saturated heterocycles. The Balaban J connectivity index is 1.56. The molecule has 136 valence electrons. The summed E-state index contributed by atoms with van der Waals surface area (Å²) in [5.74, 6) is -0.824. The van der Waals surface area contributed by atoms with Gasteiger partial charge in [-0.05, 0) is 24.5 Å². The van der Waals surface area contributed by atoms with Gasteiger partial charge in [0.05, 0.1) is 10.8 Å². The first-order valence-corrected chi connectivity index (χ1v) is 8.65. The van der Waals surface area contributed by atoms with Crippen molar-refractivity contribution in [1.29, 1.82) is 0 Å². The molecule has 2 aromatic carbocycles. The molecule has 0 radical (unpaired) electrons. The Bertz CT molecular complexity index is 1100. The fraction of sp³-hybridized carbons (Fsp3) is 0.200. The normalized spacial score (nSPS) is 14.6. The molecule has 27 heavy (non-hydrogen) atoms. The number of hydrogen-bond acceptors (Lipinski definition) is 4. The zero-order chi connectivity index (χ0) is 19.0. The molecule has 4 rings (SSSR count). The third-order valence-corrected chi connectivity index (χ3v) is 4.97. The van der Waals surface area contributed by atoms with E-state index in [1.54, 1.807) is 24.3 Å². The highest BCUT2D eigenvalue weighted by Gasteiger charge is 2.51. The van der Waals surface area contributed by atoms with Crippen molar-refractivity contribution in [3.05, 3.63) is 76.2 Å². The standard InChI is InChI=1S/C20H18N4O3/c1-24-18(26)15-10-6-5-9-14(15)16(23-24)17(25)21-22-19(27)20(11-12-20)13-7-3-2-4-8-13/h2-10H,11-12H2,1H3,(H,21,25)(H,22,27). The molecule has 1 aromatic heterocycles. The Morgan fingerprint density at radius 1 is 0.963 bits per heavy atom. The minimum atomic E-state index is -0.590. The molecule has 1 aliphatic carbocycles. The summed E-state index contributed by atoms with van der Waals surface area (Å²) in [5, 5.41) is 4.89. The largest absolute Gasteiger partial charge is 0.290 e. The average Bonchev–Trinajstić information content (AvgIpc) is 3.51. The lowest BCUT2D eigenvalue weighted by Gasteiger charge is -2.16. The van der Waals surface area contributed by atoms with Crippen LogP contribution in [0.15, 0.2) is 59.4 Å². The minimum Gasteiger partial charge on any atom is -0.272 e. The predicted molar refractivity (Wildman–Crippen MR) is 99.9 cm³/mol. The van der Waals surface area contributed by atoms with Gasteiger partial charge in [0.25, 0.3) is 11.5 Å². The Labute approximate surface area is 155 Å². The Morgan fingerprint density at radius 2 is 1.59 bits per heavy atom. The van der Waals surface area contributed by atoms with Crippen molar-refractivity contribution in [3.63, 3.8) is 0 Å². The Kier molecular flexibility index (Phi) is 3.99. The maximum absolute atomic E-state index is 12.6. The molecular weight excluding hydrogens is 344 g/mol. The van der Waals surface area contributed by atoms with Crippen LogP contribution >= 0.6 is 0 Å². The third-order valence-electron chi connectivity index (χ3n) is 4.97. The van der Waals surface area contributed by atoms with E-state index >= 15 is 0 Å². The maximum Gasteiger partial charge on any atom is 0.290 e. The molecule has 1 aliphatic rings. The van der Waals surface area contributed by atoms with E-state index in [2.05, 4.69) is 16.0 Å². The van der Waals surface area contributed by atoms with E-state index in [-0.39, 0.29) is 17.2 Å². The first-order chi connectivity index (χ1) is 13.0. The van der Waals surface area contributed by atoms with E-state index in [1.165, 1.54) is 7.05 Å². The molecule has 0 atom stereocenters. The number of aryl methyl sites for hydroxylation is 1. The highest BCUT2D eigenvalue weighted by atomic mass is 16.2. The maximum atomic E-state index is 12.6. The number of amides is 2. The topological polar surface area (TPSA) is 93.1 Å². The number of nitrogens with one attached hydrogen (secondary N) is 2. The van der Waals surface area contributed by atoms with Gasteiger partial charge in [-0.25, -0.2) is 4.68 Å². The number of hydrogen-bond donors (Lipinski definition) is 2.